The number of carboxylic acids is 1. The molecule has 0 saturated carbocycles. The van der Waals surface area contributed by atoms with E-state index >= 15 is 0 Å². The van der Waals surface area contributed by atoms with E-state index in [9.17, 15) is 9.90 Å². The van der Waals surface area contributed by atoms with E-state index in [-0.39, 0.29) is 16.4 Å². The van der Waals surface area contributed by atoms with Gasteiger partial charge in [-0.2, -0.15) is 0 Å². The molecule has 2 N–H and O–H groups in total. The molecule has 2 aromatic carbocycles. The van der Waals surface area contributed by atoms with Crippen LogP contribution in [-0.4, -0.2) is 16.2 Å². The van der Waals surface area contributed by atoms with Crippen LogP contribution in [0.1, 0.15) is 74.2 Å². The Morgan fingerprint density at radius 1 is 0.963 bits per heavy atom. The quantitative estimate of drug-likeness (QED) is 0.713. The molecule has 0 spiro atoms. The highest BCUT2D eigenvalue weighted by atomic mass is 16.4. The van der Waals surface area contributed by atoms with Crippen LogP contribution in [0.2, 0.25) is 0 Å². The van der Waals surface area contributed by atoms with Gasteiger partial charge in [-0.3, -0.25) is 0 Å². The van der Waals surface area contributed by atoms with Gasteiger partial charge in [0.2, 0.25) is 0 Å². The third-order valence-electron chi connectivity index (χ3n) is 4.51. The maximum absolute atomic E-state index is 10.9. The van der Waals surface area contributed by atoms with Crippen molar-refractivity contribution in [2.45, 2.75) is 58.8 Å². The number of rotatable bonds is 2. The fourth-order valence-electron chi connectivity index (χ4n) is 2.77. The molecule has 0 radical (unpaired) electrons. The highest BCUT2D eigenvalue weighted by Gasteiger charge is 2.24. The summed E-state index contributed by atoms with van der Waals surface area (Å²) in [4.78, 5) is 10.9. The van der Waals surface area contributed by atoms with Crippen LogP contribution >= 0.6 is 0 Å². The van der Waals surface area contributed by atoms with Gasteiger partial charge in [0.25, 0.3) is 0 Å². The molecule has 3 heteroatoms. The normalized spacial score (nSPS) is 11.6. The summed E-state index contributed by atoms with van der Waals surface area (Å²) in [5, 5.41) is 19.7. The number of carboxylic acid groups (broad SMARTS) is 1. The van der Waals surface area contributed by atoms with E-state index in [1.54, 1.807) is 24.3 Å². The fraction of sp³-hybridized carbons (Fsp3) is 0.375. The van der Waals surface area contributed by atoms with E-state index in [0.717, 1.165) is 16.7 Å². The lowest BCUT2D eigenvalue weighted by Crippen LogP contribution is -2.17. The molecule has 0 saturated heterocycles. The van der Waals surface area contributed by atoms with Crippen molar-refractivity contribution in [3.63, 3.8) is 0 Å². The monoisotopic (exact) mass is 364 g/mol. The smallest absolute Gasteiger partial charge is 0.335 e. The van der Waals surface area contributed by atoms with Gasteiger partial charge in [-0.1, -0.05) is 65.5 Å². The summed E-state index contributed by atoms with van der Waals surface area (Å²) in [7, 11) is 0. The maximum Gasteiger partial charge on any atom is 0.335 e. The number of hydrogen-bond acceptors (Lipinski definition) is 2. The minimum atomic E-state index is -0.951. The fourth-order valence-corrected chi connectivity index (χ4v) is 2.77. The average molecular weight is 364 g/mol. The molecule has 0 aliphatic carbocycles. The van der Waals surface area contributed by atoms with Gasteiger partial charge in [-0.05, 0) is 46.2 Å². The highest BCUT2D eigenvalue weighted by Crippen LogP contribution is 2.37. The highest BCUT2D eigenvalue weighted by molar-refractivity contribution is 5.87. The van der Waals surface area contributed by atoms with Gasteiger partial charge in [0.1, 0.15) is 5.75 Å². The Balaban J connectivity index is 2.37. The molecule has 0 unspecified atom stereocenters. The maximum atomic E-state index is 10.9. The minimum Gasteiger partial charge on any atom is -0.507 e. The van der Waals surface area contributed by atoms with Crippen molar-refractivity contribution in [1.29, 1.82) is 0 Å². The van der Waals surface area contributed by atoms with Crippen molar-refractivity contribution in [3.05, 3.63) is 64.2 Å². The number of aromatic carboxylic acids is 1. The number of phenols is 1. The molecule has 2 aromatic rings. The second kappa shape index (κ2) is 7.48. The molecule has 0 heterocycles. The molecule has 142 valence electrons. The molecule has 0 aliphatic rings. The second-order valence-corrected chi connectivity index (χ2v) is 8.89. The Kier molecular flexibility index (Phi) is 5.70. The van der Waals surface area contributed by atoms with Gasteiger partial charge < -0.3 is 10.2 Å². The lowest BCUT2D eigenvalue weighted by molar-refractivity contribution is 0.0697. The summed E-state index contributed by atoms with van der Waals surface area (Å²) >= 11 is 0. The predicted molar refractivity (Wildman–Crippen MR) is 109 cm³/mol. The molecule has 0 aliphatic heterocycles. The largest absolute Gasteiger partial charge is 0.507 e. The first-order valence-corrected chi connectivity index (χ1v) is 9.08. The van der Waals surface area contributed by atoms with Crippen molar-refractivity contribution >= 4 is 5.97 Å². The van der Waals surface area contributed by atoms with Gasteiger partial charge in [0, 0.05) is 17.5 Å². The molecule has 0 aromatic heterocycles. The SMILES string of the molecule is CC(C)(C)c1cc(CC#Cc2ccc(C(=O)O)cc2)c(O)c(C(C)(C)C)c1. The van der Waals surface area contributed by atoms with Gasteiger partial charge in [-0.25, -0.2) is 4.79 Å². The summed E-state index contributed by atoms with van der Waals surface area (Å²) in [5.41, 5.74) is 3.73. The van der Waals surface area contributed by atoms with E-state index in [1.807, 2.05) is 6.07 Å². The first kappa shape index (κ1) is 20.6. The Bertz CT molecular complexity index is 896. The first-order chi connectivity index (χ1) is 12.4. The average Bonchev–Trinajstić information content (AvgIpc) is 2.54. The number of aromatic hydroxyl groups is 1. The van der Waals surface area contributed by atoms with E-state index in [4.69, 9.17) is 5.11 Å². The summed E-state index contributed by atoms with van der Waals surface area (Å²) in [6, 6.07) is 10.6. The Labute approximate surface area is 162 Å². The van der Waals surface area contributed by atoms with Crippen LogP contribution in [-0.2, 0) is 17.3 Å². The lowest BCUT2D eigenvalue weighted by Gasteiger charge is -2.27. The molecule has 0 amide bonds. The van der Waals surface area contributed by atoms with Gasteiger partial charge in [0.05, 0.1) is 5.56 Å². The number of hydrogen-bond donors (Lipinski definition) is 2. The molecule has 0 atom stereocenters. The second-order valence-electron chi connectivity index (χ2n) is 8.89. The summed E-state index contributed by atoms with van der Waals surface area (Å²) in [5.74, 6) is 5.52. The number of carbonyl (C=O) groups is 1. The van der Waals surface area contributed by atoms with Crippen LogP contribution in [0.25, 0.3) is 0 Å². The number of benzene rings is 2. The van der Waals surface area contributed by atoms with Crippen LogP contribution < -0.4 is 0 Å². The third kappa shape index (κ3) is 5.14. The molecule has 2 rings (SSSR count). The Hall–Kier alpha value is -2.73. The van der Waals surface area contributed by atoms with Crippen LogP contribution in [0.3, 0.4) is 0 Å². The van der Waals surface area contributed by atoms with Crippen LogP contribution in [0.15, 0.2) is 36.4 Å². The standard InChI is InChI=1S/C24H28O3/c1-23(2,3)19-14-18(21(25)20(15-19)24(4,5)6)9-7-8-16-10-12-17(13-11-16)22(26)27/h10-15,25H,9H2,1-6H3,(H,26,27). The van der Waals surface area contributed by atoms with Gasteiger partial charge in [0.15, 0.2) is 0 Å². The van der Waals surface area contributed by atoms with Crippen LogP contribution in [0.4, 0.5) is 0 Å². The molecular weight excluding hydrogens is 336 g/mol. The zero-order valence-corrected chi connectivity index (χ0v) is 17.0. The summed E-state index contributed by atoms with van der Waals surface area (Å²) < 4.78 is 0. The zero-order chi connectivity index (χ0) is 20.4. The van der Waals surface area contributed by atoms with E-state index in [0.29, 0.717) is 12.2 Å². The summed E-state index contributed by atoms with van der Waals surface area (Å²) in [6.45, 7) is 12.7. The topological polar surface area (TPSA) is 57.5 Å². The van der Waals surface area contributed by atoms with Crippen LogP contribution in [0.5, 0.6) is 5.75 Å². The first-order valence-electron chi connectivity index (χ1n) is 9.08. The van der Waals surface area contributed by atoms with Crippen molar-refractivity contribution in [2.24, 2.45) is 0 Å². The van der Waals surface area contributed by atoms with Gasteiger partial charge >= 0.3 is 5.97 Å². The predicted octanol–water partition coefficient (Wildman–Crippen LogP) is 5.28. The third-order valence-corrected chi connectivity index (χ3v) is 4.51. The van der Waals surface area contributed by atoms with Crippen molar-refractivity contribution in [2.75, 3.05) is 0 Å². The van der Waals surface area contributed by atoms with Crippen LogP contribution in [0, 0.1) is 11.8 Å². The van der Waals surface area contributed by atoms with E-state index in [1.165, 1.54) is 5.56 Å². The van der Waals surface area contributed by atoms with Crippen molar-refractivity contribution < 1.29 is 15.0 Å². The minimum absolute atomic E-state index is 0.0253. The zero-order valence-electron chi connectivity index (χ0n) is 17.0. The Morgan fingerprint density at radius 3 is 2.04 bits per heavy atom. The molecular formula is C24H28O3. The number of phenolic OH excluding ortho intramolecular Hbond substituents is 1. The van der Waals surface area contributed by atoms with E-state index < -0.39 is 5.97 Å². The molecule has 0 bridgehead atoms. The Morgan fingerprint density at radius 2 is 1.56 bits per heavy atom. The van der Waals surface area contributed by atoms with E-state index in [2.05, 4.69) is 59.4 Å². The summed E-state index contributed by atoms with van der Waals surface area (Å²) in [6.07, 6.45) is 0.430. The van der Waals surface area contributed by atoms with Gasteiger partial charge in [-0.15, -0.1) is 0 Å². The molecule has 0 fully saturated rings. The molecule has 27 heavy (non-hydrogen) atoms. The van der Waals surface area contributed by atoms with Crippen molar-refractivity contribution in [3.8, 4) is 17.6 Å². The molecule has 3 nitrogen and oxygen atoms in total. The van der Waals surface area contributed by atoms with Crippen molar-refractivity contribution in [1.82, 2.24) is 0 Å². The lowest BCUT2D eigenvalue weighted by atomic mass is 9.78.